The van der Waals surface area contributed by atoms with Crippen LogP contribution in [0.4, 0.5) is 5.82 Å². The first-order chi connectivity index (χ1) is 8.42. The molecular weight excluding hydrogens is 210 g/mol. The third kappa shape index (κ3) is 1.48. The van der Waals surface area contributed by atoms with Crippen molar-refractivity contribution < 1.29 is 0 Å². The van der Waals surface area contributed by atoms with E-state index in [2.05, 4.69) is 20.9 Å². The minimum absolute atomic E-state index is 0.719. The van der Waals surface area contributed by atoms with Crippen LogP contribution in [0.5, 0.6) is 0 Å². The molecule has 0 atom stereocenters. The zero-order valence-electron chi connectivity index (χ0n) is 10.2. The average Bonchev–Trinajstić information content (AvgIpc) is 2.86. The molecule has 0 aromatic carbocycles. The second kappa shape index (κ2) is 3.69. The van der Waals surface area contributed by atoms with Crippen LogP contribution in [0.2, 0.25) is 0 Å². The zero-order chi connectivity index (χ0) is 11.2. The topological polar surface area (TPSA) is 29.0 Å². The van der Waals surface area contributed by atoms with Gasteiger partial charge in [-0.25, -0.2) is 9.97 Å². The summed E-state index contributed by atoms with van der Waals surface area (Å²) in [5, 5.41) is 0. The molecule has 1 aromatic heterocycles. The Morgan fingerprint density at radius 1 is 0.941 bits per heavy atom. The SMILES string of the molecule is c1nc(C2CCC2)cc(N2C3CCC2CC3)n1. The third-order valence-corrected chi connectivity index (χ3v) is 4.91. The molecule has 1 aliphatic carbocycles. The Morgan fingerprint density at radius 3 is 2.24 bits per heavy atom. The summed E-state index contributed by atoms with van der Waals surface area (Å²) in [7, 11) is 0. The second-order valence-corrected chi connectivity index (χ2v) is 5.80. The zero-order valence-corrected chi connectivity index (χ0v) is 10.2. The summed E-state index contributed by atoms with van der Waals surface area (Å²) in [6, 6.07) is 3.80. The van der Waals surface area contributed by atoms with Crippen molar-refractivity contribution >= 4 is 5.82 Å². The van der Waals surface area contributed by atoms with Gasteiger partial charge in [0.1, 0.15) is 12.1 Å². The van der Waals surface area contributed by atoms with E-state index in [0.717, 1.165) is 18.0 Å². The van der Waals surface area contributed by atoms with Gasteiger partial charge in [0.25, 0.3) is 0 Å². The molecule has 3 heteroatoms. The van der Waals surface area contributed by atoms with Gasteiger partial charge in [-0.1, -0.05) is 6.42 Å². The van der Waals surface area contributed by atoms with E-state index in [1.807, 2.05) is 0 Å². The van der Waals surface area contributed by atoms with Crippen molar-refractivity contribution in [3.63, 3.8) is 0 Å². The fourth-order valence-corrected chi connectivity index (χ4v) is 3.72. The van der Waals surface area contributed by atoms with E-state index < -0.39 is 0 Å². The standard InChI is InChI=1S/C14H19N3/c1-2-10(3-1)13-8-14(16-9-15-13)17-11-4-5-12(17)7-6-11/h8-12H,1-7H2. The highest BCUT2D eigenvalue weighted by atomic mass is 15.3. The van der Waals surface area contributed by atoms with E-state index in [1.165, 1.54) is 56.5 Å². The lowest BCUT2D eigenvalue weighted by molar-refractivity contribution is 0.410. The van der Waals surface area contributed by atoms with Crippen LogP contribution < -0.4 is 4.90 Å². The third-order valence-electron chi connectivity index (χ3n) is 4.91. The Hall–Kier alpha value is -1.12. The molecule has 3 aliphatic rings. The van der Waals surface area contributed by atoms with Gasteiger partial charge in [-0.3, -0.25) is 0 Å². The van der Waals surface area contributed by atoms with Gasteiger partial charge >= 0.3 is 0 Å². The molecule has 3 heterocycles. The van der Waals surface area contributed by atoms with Gasteiger partial charge in [-0.2, -0.15) is 0 Å². The van der Waals surface area contributed by atoms with Gasteiger partial charge in [0.05, 0.1) is 0 Å². The number of nitrogens with zero attached hydrogens (tertiary/aromatic N) is 3. The first-order valence-electron chi connectivity index (χ1n) is 7.02. The molecule has 2 saturated heterocycles. The Bertz CT molecular complexity index is 407. The maximum absolute atomic E-state index is 4.52. The van der Waals surface area contributed by atoms with Crippen molar-refractivity contribution in [2.24, 2.45) is 0 Å². The molecule has 1 aromatic rings. The highest BCUT2D eigenvalue weighted by Crippen LogP contribution is 2.41. The molecular formula is C14H19N3. The summed E-state index contributed by atoms with van der Waals surface area (Å²) >= 11 is 0. The molecule has 0 radical (unpaired) electrons. The molecule has 0 unspecified atom stereocenters. The van der Waals surface area contributed by atoms with E-state index in [0.29, 0.717) is 0 Å². The van der Waals surface area contributed by atoms with E-state index in [4.69, 9.17) is 0 Å². The first kappa shape index (κ1) is 9.86. The quantitative estimate of drug-likeness (QED) is 0.781. The molecule has 1 saturated carbocycles. The van der Waals surface area contributed by atoms with Crippen molar-refractivity contribution in [1.29, 1.82) is 0 Å². The van der Waals surface area contributed by atoms with Crippen LogP contribution in [0.3, 0.4) is 0 Å². The molecule has 2 aliphatic heterocycles. The number of hydrogen-bond acceptors (Lipinski definition) is 3. The molecule has 3 nitrogen and oxygen atoms in total. The highest BCUT2D eigenvalue weighted by molar-refractivity contribution is 5.45. The van der Waals surface area contributed by atoms with Crippen molar-refractivity contribution in [1.82, 2.24) is 9.97 Å². The number of hydrogen-bond donors (Lipinski definition) is 0. The van der Waals surface area contributed by atoms with Crippen LogP contribution in [0.15, 0.2) is 12.4 Å². The van der Waals surface area contributed by atoms with Crippen molar-refractivity contribution in [2.75, 3.05) is 4.90 Å². The minimum atomic E-state index is 0.719. The van der Waals surface area contributed by atoms with Crippen molar-refractivity contribution in [3.8, 4) is 0 Å². The van der Waals surface area contributed by atoms with Crippen LogP contribution in [0.1, 0.15) is 56.6 Å². The summed E-state index contributed by atoms with van der Waals surface area (Å²) < 4.78 is 0. The van der Waals surface area contributed by atoms with Gasteiger partial charge in [-0.15, -0.1) is 0 Å². The van der Waals surface area contributed by atoms with Gasteiger partial charge in [0.2, 0.25) is 0 Å². The van der Waals surface area contributed by atoms with Crippen LogP contribution in [0.25, 0.3) is 0 Å². The van der Waals surface area contributed by atoms with Crippen LogP contribution in [-0.2, 0) is 0 Å². The van der Waals surface area contributed by atoms with E-state index in [-0.39, 0.29) is 0 Å². The van der Waals surface area contributed by atoms with E-state index in [9.17, 15) is 0 Å². The van der Waals surface area contributed by atoms with Crippen LogP contribution in [0, 0.1) is 0 Å². The summed E-state index contributed by atoms with van der Waals surface area (Å²) in [5.41, 5.74) is 1.28. The molecule has 2 bridgehead atoms. The molecule has 0 amide bonds. The molecule has 3 fully saturated rings. The van der Waals surface area contributed by atoms with Gasteiger partial charge in [0.15, 0.2) is 0 Å². The van der Waals surface area contributed by atoms with E-state index >= 15 is 0 Å². The molecule has 17 heavy (non-hydrogen) atoms. The number of anilines is 1. The van der Waals surface area contributed by atoms with Gasteiger partial charge in [-0.05, 0) is 38.5 Å². The summed E-state index contributed by atoms with van der Waals surface area (Å²) in [6.45, 7) is 0. The molecule has 90 valence electrons. The lowest BCUT2D eigenvalue weighted by atomic mass is 9.83. The maximum atomic E-state index is 4.52. The predicted octanol–water partition coefficient (Wildman–Crippen LogP) is 2.88. The van der Waals surface area contributed by atoms with Crippen LogP contribution >= 0.6 is 0 Å². The summed E-state index contributed by atoms with van der Waals surface area (Å²) in [6.07, 6.45) is 11.3. The Labute approximate surface area is 102 Å². The first-order valence-corrected chi connectivity index (χ1v) is 7.02. The van der Waals surface area contributed by atoms with Gasteiger partial charge < -0.3 is 4.90 Å². The summed E-state index contributed by atoms with van der Waals surface area (Å²) in [5.74, 6) is 1.92. The fraction of sp³-hybridized carbons (Fsp3) is 0.714. The van der Waals surface area contributed by atoms with Crippen molar-refractivity contribution in [2.45, 2.75) is 62.9 Å². The largest absolute Gasteiger partial charge is 0.351 e. The van der Waals surface area contributed by atoms with Gasteiger partial charge in [0, 0.05) is 29.8 Å². The minimum Gasteiger partial charge on any atom is -0.351 e. The average molecular weight is 229 g/mol. The van der Waals surface area contributed by atoms with Crippen molar-refractivity contribution in [3.05, 3.63) is 18.1 Å². The second-order valence-electron chi connectivity index (χ2n) is 5.80. The smallest absolute Gasteiger partial charge is 0.132 e. The number of rotatable bonds is 2. The van der Waals surface area contributed by atoms with Crippen LogP contribution in [-0.4, -0.2) is 22.1 Å². The highest BCUT2D eigenvalue weighted by Gasteiger charge is 2.40. The summed E-state index contributed by atoms with van der Waals surface area (Å²) in [4.78, 5) is 11.6. The lowest BCUT2D eigenvalue weighted by Gasteiger charge is -2.27. The normalized spacial score (nSPS) is 31.9. The molecule has 0 spiro atoms. The number of fused-ring (bicyclic) bond motifs is 2. The Morgan fingerprint density at radius 2 is 1.65 bits per heavy atom. The lowest BCUT2D eigenvalue weighted by Crippen LogP contribution is -2.29. The molecule has 4 rings (SSSR count). The molecule has 0 N–H and O–H groups in total. The van der Waals surface area contributed by atoms with E-state index in [1.54, 1.807) is 6.33 Å². The predicted molar refractivity (Wildman–Crippen MR) is 67.1 cm³/mol. The monoisotopic (exact) mass is 229 g/mol. The maximum Gasteiger partial charge on any atom is 0.132 e. The Kier molecular flexibility index (Phi) is 2.14. The number of aromatic nitrogens is 2. The Balaban J connectivity index is 1.64. The fourth-order valence-electron chi connectivity index (χ4n) is 3.72.